The number of hydrogen-bond acceptors (Lipinski definition) is 4. The zero-order valence-corrected chi connectivity index (χ0v) is 20.9. The Kier molecular flexibility index (Phi) is 8.20. The van der Waals surface area contributed by atoms with Crippen molar-refractivity contribution in [1.82, 2.24) is 4.90 Å². The number of unbranched alkanes of at least 4 members (excludes halogenated alkanes) is 2. The van der Waals surface area contributed by atoms with Crippen molar-refractivity contribution in [3.63, 3.8) is 0 Å². The van der Waals surface area contributed by atoms with E-state index < -0.39 is 29.5 Å². The first-order valence-electron chi connectivity index (χ1n) is 12.4. The molecule has 8 heteroatoms. The molecule has 1 aliphatic rings. The van der Waals surface area contributed by atoms with Crippen molar-refractivity contribution in [1.29, 1.82) is 0 Å². The number of ketones is 1. The SMILES string of the molecule is CCCCCOc1ccc(/C(O)=C2\C(=O)C(=O)N(Cc3cccc(C(F)(F)F)c3)C2c2ccccc2)cc1. The van der Waals surface area contributed by atoms with E-state index in [0.717, 1.165) is 31.4 Å². The zero-order valence-electron chi connectivity index (χ0n) is 20.9. The molecule has 3 aromatic rings. The van der Waals surface area contributed by atoms with E-state index in [4.69, 9.17) is 4.74 Å². The van der Waals surface area contributed by atoms with Crippen LogP contribution >= 0.6 is 0 Å². The van der Waals surface area contributed by atoms with Crippen molar-refractivity contribution < 1.29 is 32.6 Å². The summed E-state index contributed by atoms with van der Waals surface area (Å²) in [5, 5.41) is 11.2. The van der Waals surface area contributed by atoms with E-state index in [-0.39, 0.29) is 23.4 Å². The Morgan fingerprint density at radius 2 is 1.66 bits per heavy atom. The number of carbonyl (C=O) groups excluding carboxylic acids is 2. The van der Waals surface area contributed by atoms with Crippen LogP contribution in [0, 0.1) is 0 Å². The predicted octanol–water partition coefficient (Wildman–Crippen LogP) is 6.90. The lowest BCUT2D eigenvalue weighted by Gasteiger charge is -2.25. The third kappa shape index (κ3) is 5.90. The highest BCUT2D eigenvalue weighted by Crippen LogP contribution is 2.40. The van der Waals surface area contributed by atoms with Crippen molar-refractivity contribution in [2.24, 2.45) is 0 Å². The number of amides is 1. The molecule has 1 N–H and O–H groups in total. The molecule has 0 spiro atoms. The van der Waals surface area contributed by atoms with Crippen LogP contribution in [-0.2, 0) is 22.3 Å². The molecule has 3 aromatic carbocycles. The minimum absolute atomic E-state index is 0.121. The Morgan fingerprint density at radius 3 is 2.32 bits per heavy atom. The van der Waals surface area contributed by atoms with Gasteiger partial charge >= 0.3 is 6.18 Å². The van der Waals surface area contributed by atoms with E-state index >= 15 is 0 Å². The highest BCUT2D eigenvalue weighted by Gasteiger charge is 2.46. The van der Waals surface area contributed by atoms with Gasteiger partial charge in [0, 0.05) is 12.1 Å². The molecule has 1 fully saturated rings. The second-order valence-electron chi connectivity index (χ2n) is 9.12. The van der Waals surface area contributed by atoms with Gasteiger partial charge in [0.25, 0.3) is 11.7 Å². The fourth-order valence-electron chi connectivity index (χ4n) is 4.47. The van der Waals surface area contributed by atoms with Gasteiger partial charge in [0.05, 0.1) is 23.8 Å². The number of aliphatic hydroxyl groups is 1. The molecule has 1 heterocycles. The molecule has 0 aliphatic carbocycles. The van der Waals surface area contributed by atoms with Crippen LogP contribution in [-0.4, -0.2) is 28.3 Å². The van der Waals surface area contributed by atoms with Crippen LogP contribution in [0.3, 0.4) is 0 Å². The standard InChI is InChI=1S/C30H28F3NO4/c1-2-3-7-17-38-24-15-13-22(14-16-24)27(35)25-26(21-10-5-4-6-11-21)34(29(37)28(25)36)19-20-9-8-12-23(18-20)30(31,32)33/h4-6,8-16,18,26,35H,2-3,7,17,19H2,1H3/b27-25+. The molecular formula is C30H28F3NO4. The third-order valence-electron chi connectivity index (χ3n) is 6.41. The van der Waals surface area contributed by atoms with Gasteiger partial charge in [-0.15, -0.1) is 0 Å². The van der Waals surface area contributed by atoms with Crippen molar-refractivity contribution in [3.05, 3.63) is 107 Å². The summed E-state index contributed by atoms with van der Waals surface area (Å²) in [7, 11) is 0. The summed E-state index contributed by atoms with van der Waals surface area (Å²) in [6.45, 7) is 2.42. The Balaban J connectivity index is 1.69. The Hall–Kier alpha value is -4.07. The first-order valence-corrected chi connectivity index (χ1v) is 12.4. The number of rotatable bonds is 9. The molecule has 1 unspecified atom stereocenters. The smallest absolute Gasteiger partial charge is 0.416 e. The van der Waals surface area contributed by atoms with Crippen LogP contribution in [0.2, 0.25) is 0 Å². The number of aliphatic hydroxyl groups excluding tert-OH is 1. The summed E-state index contributed by atoms with van der Waals surface area (Å²) in [6.07, 6.45) is -1.50. The van der Waals surface area contributed by atoms with E-state index in [9.17, 15) is 27.9 Å². The Morgan fingerprint density at radius 1 is 0.947 bits per heavy atom. The topological polar surface area (TPSA) is 66.8 Å². The molecule has 0 radical (unpaired) electrons. The fraction of sp³-hybridized carbons (Fsp3) is 0.267. The summed E-state index contributed by atoms with van der Waals surface area (Å²) in [5.41, 5.74) is 0.122. The molecule has 1 atom stereocenters. The molecular weight excluding hydrogens is 495 g/mol. The van der Waals surface area contributed by atoms with E-state index in [2.05, 4.69) is 6.92 Å². The highest BCUT2D eigenvalue weighted by molar-refractivity contribution is 6.46. The van der Waals surface area contributed by atoms with Gasteiger partial charge in [0.2, 0.25) is 0 Å². The summed E-state index contributed by atoms with van der Waals surface area (Å²) in [6, 6.07) is 18.9. The summed E-state index contributed by atoms with van der Waals surface area (Å²) < 4.78 is 45.5. The fourth-order valence-corrected chi connectivity index (χ4v) is 4.47. The molecule has 38 heavy (non-hydrogen) atoms. The van der Waals surface area contributed by atoms with Gasteiger partial charge in [-0.25, -0.2) is 0 Å². The van der Waals surface area contributed by atoms with Crippen molar-refractivity contribution in [2.75, 3.05) is 6.61 Å². The molecule has 1 saturated heterocycles. The number of alkyl halides is 3. The number of Topliss-reactive ketones (excluding diaryl/α,β-unsaturated/α-hetero) is 1. The number of nitrogens with zero attached hydrogens (tertiary/aromatic N) is 1. The lowest BCUT2D eigenvalue weighted by molar-refractivity contribution is -0.140. The van der Waals surface area contributed by atoms with Crippen LogP contribution in [0.5, 0.6) is 5.75 Å². The van der Waals surface area contributed by atoms with Crippen molar-refractivity contribution in [3.8, 4) is 5.75 Å². The third-order valence-corrected chi connectivity index (χ3v) is 6.41. The maximum absolute atomic E-state index is 13.3. The lowest BCUT2D eigenvalue weighted by atomic mass is 9.95. The van der Waals surface area contributed by atoms with Gasteiger partial charge in [-0.3, -0.25) is 9.59 Å². The molecule has 0 saturated carbocycles. The van der Waals surface area contributed by atoms with Gasteiger partial charge in [-0.1, -0.05) is 62.2 Å². The Labute approximate surface area is 219 Å². The Bertz CT molecular complexity index is 1320. The summed E-state index contributed by atoms with van der Waals surface area (Å²) in [4.78, 5) is 27.5. The van der Waals surface area contributed by atoms with E-state index in [0.29, 0.717) is 23.5 Å². The largest absolute Gasteiger partial charge is 0.507 e. The first kappa shape index (κ1) is 27.0. The van der Waals surface area contributed by atoms with Gasteiger partial charge < -0.3 is 14.7 Å². The van der Waals surface area contributed by atoms with Gasteiger partial charge in [0.15, 0.2) is 0 Å². The predicted molar refractivity (Wildman–Crippen MR) is 137 cm³/mol. The second kappa shape index (κ2) is 11.5. The summed E-state index contributed by atoms with van der Waals surface area (Å²) >= 11 is 0. The molecule has 1 amide bonds. The van der Waals surface area contributed by atoms with Crippen LogP contribution < -0.4 is 4.74 Å². The second-order valence-corrected chi connectivity index (χ2v) is 9.12. The van der Waals surface area contributed by atoms with Gasteiger partial charge in [0.1, 0.15) is 11.5 Å². The zero-order chi connectivity index (χ0) is 27.3. The highest BCUT2D eigenvalue weighted by atomic mass is 19.4. The molecule has 198 valence electrons. The molecule has 1 aliphatic heterocycles. The van der Waals surface area contributed by atoms with E-state index in [1.807, 2.05) is 0 Å². The minimum Gasteiger partial charge on any atom is -0.507 e. The molecule has 0 bridgehead atoms. The maximum Gasteiger partial charge on any atom is 0.416 e. The molecule has 5 nitrogen and oxygen atoms in total. The normalized spacial score (nSPS) is 17.2. The quantitative estimate of drug-likeness (QED) is 0.143. The average Bonchev–Trinajstić information content (AvgIpc) is 3.16. The summed E-state index contributed by atoms with van der Waals surface area (Å²) in [5.74, 6) is -1.54. The maximum atomic E-state index is 13.3. The average molecular weight is 524 g/mol. The number of benzene rings is 3. The van der Waals surface area contributed by atoms with Crippen LogP contribution in [0.25, 0.3) is 5.76 Å². The van der Waals surface area contributed by atoms with Gasteiger partial charge in [-0.2, -0.15) is 13.2 Å². The van der Waals surface area contributed by atoms with E-state index in [1.54, 1.807) is 54.6 Å². The number of carbonyl (C=O) groups is 2. The minimum atomic E-state index is -4.55. The van der Waals surface area contributed by atoms with Crippen LogP contribution in [0.15, 0.2) is 84.4 Å². The number of halogens is 3. The number of likely N-dealkylation sites (tertiary alicyclic amines) is 1. The first-order chi connectivity index (χ1) is 18.2. The number of ether oxygens (including phenoxy) is 1. The van der Waals surface area contributed by atoms with Crippen molar-refractivity contribution in [2.45, 2.75) is 44.9 Å². The van der Waals surface area contributed by atoms with Crippen molar-refractivity contribution >= 4 is 17.4 Å². The van der Waals surface area contributed by atoms with E-state index in [1.165, 1.54) is 17.0 Å². The van der Waals surface area contributed by atoms with Crippen LogP contribution in [0.1, 0.15) is 54.5 Å². The van der Waals surface area contributed by atoms with Gasteiger partial charge in [-0.05, 0) is 53.9 Å². The molecule has 4 rings (SSSR count). The lowest BCUT2D eigenvalue weighted by Crippen LogP contribution is -2.29. The molecule has 0 aromatic heterocycles. The number of hydrogen-bond donors (Lipinski definition) is 1. The monoisotopic (exact) mass is 523 g/mol. The van der Waals surface area contributed by atoms with Crippen LogP contribution in [0.4, 0.5) is 13.2 Å².